The lowest BCUT2D eigenvalue weighted by molar-refractivity contribution is -0.121. The fraction of sp³-hybridized carbons (Fsp3) is 0.143. The summed E-state index contributed by atoms with van der Waals surface area (Å²) < 4.78 is 19.1. The summed E-state index contributed by atoms with van der Waals surface area (Å²) >= 11 is 0. The molecule has 0 aliphatic rings. The van der Waals surface area contributed by atoms with E-state index in [4.69, 9.17) is 4.42 Å². The van der Waals surface area contributed by atoms with Gasteiger partial charge in [0.15, 0.2) is 34.7 Å². The quantitative estimate of drug-likeness (QED) is 0.0248. The van der Waals surface area contributed by atoms with Gasteiger partial charge in [-0.15, -0.1) is 0 Å². The molecule has 15 aromatic rings. The predicted molar refractivity (Wildman–Crippen MR) is 508 cm³/mol. The first kappa shape index (κ1) is 95.5. The third-order valence-electron chi connectivity index (χ3n) is 21.0. The van der Waals surface area contributed by atoms with E-state index in [0.717, 1.165) is 50.1 Å². The van der Waals surface area contributed by atoms with E-state index in [1.165, 1.54) is 12.3 Å². The number of Topliss-reactive ketones (excluding diaryl/α,β-unsaturated/α-hetero) is 5. The Bertz CT molecular complexity index is 5700. The monoisotopic (exact) mass is 1740 g/mol. The molecule has 0 radical (unpaired) electrons. The number of ketones is 5. The van der Waals surface area contributed by atoms with Gasteiger partial charge in [-0.3, -0.25) is 57.9 Å². The number of nitrogens with zero attached hydrogens (tertiary/aromatic N) is 2. The summed E-state index contributed by atoms with van der Waals surface area (Å²) in [4.78, 5) is 135. The molecule has 5 amide bonds. The Kier molecular flexibility index (Phi) is 38.0. The van der Waals surface area contributed by atoms with Crippen LogP contribution in [0.25, 0.3) is 0 Å². The molecule has 0 aliphatic heterocycles. The van der Waals surface area contributed by atoms with Crippen molar-refractivity contribution in [2.75, 3.05) is 0 Å². The Hall–Kier alpha value is -16.2. The highest BCUT2D eigenvalue weighted by Crippen LogP contribution is 2.19. The maximum absolute atomic E-state index is 13.9. The highest BCUT2D eigenvalue weighted by atomic mass is 19.1. The lowest BCUT2D eigenvalue weighted by atomic mass is 9.97. The topological polar surface area (TPSA) is 270 Å². The van der Waals surface area contributed by atoms with E-state index < -0.39 is 36.0 Å². The van der Waals surface area contributed by atoms with Crippen LogP contribution in [0.15, 0.2) is 424 Å². The second-order valence-electron chi connectivity index (χ2n) is 31.0. The van der Waals surface area contributed by atoms with Crippen molar-refractivity contribution in [2.45, 2.75) is 101 Å². The molecule has 3 aromatic heterocycles. The van der Waals surface area contributed by atoms with E-state index in [1.807, 2.05) is 280 Å². The Balaban J connectivity index is 0.000000158. The summed E-state index contributed by atoms with van der Waals surface area (Å²) in [5, 5.41) is 14.3. The molecule has 0 fully saturated rings. The number of carbonyl (C=O) groups is 10. The van der Waals surface area contributed by atoms with E-state index in [2.05, 4.69) is 36.6 Å². The summed E-state index contributed by atoms with van der Waals surface area (Å²) in [6.07, 6.45) is 9.57. The lowest BCUT2D eigenvalue weighted by Gasteiger charge is -2.18. The van der Waals surface area contributed by atoms with Crippen LogP contribution in [0.2, 0.25) is 0 Å². The van der Waals surface area contributed by atoms with E-state index in [-0.39, 0.29) is 89.9 Å². The van der Waals surface area contributed by atoms with Gasteiger partial charge in [0.25, 0.3) is 29.5 Å². The number of aromatic nitrogens is 2. The molecule has 0 aliphatic carbocycles. The number of furan rings is 1. The van der Waals surface area contributed by atoms with E-state index >= 15 is 0 Å². The minimum atomic E-state index is -0.736. The number of pyridine rings is 2. The molecular formula is C112H102FN7O11. The van der Waals surface area contributed by atoms with E-state index in [9.17, 15) is 52.3 Å². The van der Waals surface area contributed by atoms with Crippen molar-refractivity contribution in [3.05, 3.63) is 514 Å². The number of benzene rings is 12. The molecule has 15 rings (SSSR count). The average Bonchev–Trinajstić information content (AvgIpc) is 1.82. The van der Waals surface area contributed by atoms with Gasteiger partial charge in [0.2, 0.25) is 0 Å². The summed E-state index contributed by atoms with van der Waals surface area (Å²) in [5.41, 5.74) is 12.0. The van der Waals surface area contributed by atoms with Crippen LogP contribution in [-0.2, 0) is 88.2 Å². The first-order valence-corrected chi connectivity index (χ1v) is 43.1. The van der Waals surface area contributed by atoms with Crippen molar-refractivity contribution in [3.8, 4) is 0 Å². The maximum atomic E-state index is 13.9. The van der Waals surface area contributed by atoms with E-state index in [0.29, 0.717) is 72.0 Å². The molecule has 658 valence electrons. The second-order valence-corrected chi connectivity index (χ2v) is 31.0. The van der Waals surface area contributed by atoms with Crippen LogP contribution in [0.3, 0.4) is 0 Å². The predicted octanol–water partition coefficient (Wildman–Crippen LogP) is 18.0. The standard InChI is InChI=1S/C23H20FNO2.C23H21NO2.2C22H20N2O2.C22H21NO3/c24-20-14-8-7-13-19(20)16-22(26)21(15-17-9-3-1-4-10-17)25-23(27)18-11-5-2-6-12-18;25-22(17-19-12-6-2-7-13-19)21(16-18-10-4-1-5-11-18)24-23(26)20-14-8-3-9-15-20;25-21(16-19-13-7-8-14-23-19)20(15-17-9-3-1-4-10-17)24-22(26)18-11-5-2-6-12-18;25-21(16-18-11-13-23-14-12-18)20(15-17-7-3-1-4-8-17)24-22(26)19-9-5-2-6-10-19;1-16-9-11-18(12-10-16)15-20(24)19(14-17-6-3-2-4-7-17)23-22(25)21-8-5-13-26-21/h1-14,21H,15-16H2,(H,25,27);1-15,21H,16-17H2,(H,24,26);2*1-14,20H,15-16H2,(H,24,26);2-13,19H,14-15H2,1H3,(H,23,25). The zero-order valence-electron chi connectivity index (χ0n) is 72.6. The van der Waals surface area contributed by atoms with Gasteiger partial charge in [-0.2, -0.15) is 0 Å². The van der Waals surface area contributed by atoms with Crippen LogP contribution in [0.4, 0.5) is 4.39 Å². The van der Waals surface area contributed by atoms with Crippen LogP contribution in [-0.4, -0.2) is 98.6 Å². The number of hydrogen-bond donors (Lipinski definition) is 5. The van der Waals surface area contributed by atoms with Gasteiger partial charge >= 0.3 is 0 Å². The lowest BCUT2D eigenvalue weighted by Crippen LogP contribution is -2.43. The van der Waals surface area contributed by atoms with Crippen LogP contribution >= 0.6 is 0 Å². The van der Waals surface area contributed by atoms with Crippen molar-refractivity contribution >= 4 is 58.5 Å². The van der Waals surface area contributed by atoms with Crippen molar-refractivity contribution < 1.29 is 56.8 Å². The van der Waals surface area contributed by atoms with Gasteiger partial charge in [0, 0.05) is 72.2 Å². The number of nitrogens with one attached hydrogen (secondary N) is 5. The fourth-order valence-corrected chi connectivity index (χ4v) is 14.0. The Morgan fingerprint density at radius 2 is 0.534 bits per heavy atom. The van der Waals surface area contributed by atoms with Gasteiger partial charge in [-0.1, -0.05) is 309 Å². The molecule has 12 aromatic carbocycles. The highest BCUT2D eigenvalue weighted by Gasteiger charge is 2.29. The Morgan fingerprint density at radius 3 is 0.847 bits per heavy atom. The molecule has 5 atom stereocenters. The van der Waals surface area contributed by atoms with Crippen molar-refractivity contribution in [3.63, 3.8) is 0 Å². The Morgan fingerprint density at radius 1 is 0.260 bits per heavy atom. The molecule has 19 heteroatoms. The summed E-state index contributed by atoms with van der Waals surface area (Å²) in [6, 6.07) is 117. The minimum Gasteiger partial charge on any atom is -0.459 e. The van der Waals surface area contributed by atoms with Gasteiger partial charge in [0.05, 0.1) is 42.9 Å². The third-order valence-corrected chi connectivity index (χ3v) is 21.0. The number of amides is 5. The maximum Gasteiger partial charge on any atom is 0.287 e. The van der Waals surface area contributed by atoms with Crippen molar-refractivity contribution in [2.24, 2.45) is 0 Å². The summed E-state index contributed by atoms with van der Waals surface area (Å²) in [5.74, 6) is -1.98. The molecule has 5 N–H and O–H groups in total. The van der Waals surface area contributed by atoms with E-state index in [1.54, 1.807) is 134 Å². The zero-order valence-corrected chi connectivity index (χ0v) is 72.6. The zero-order chi connectivity index (χ0) is 92.0. The normalized spacial score (nSPS) is 11.6. The smallest absolute Gasteiger partial charge is 0.287 e. The van der Waals surface area contributed by atoms with Gasteiger partial charge in [-0.25, -0.2) is 4.39 Å². The first-order valence-electron chi connectivity index (χ1n) is 43.1. The molecule has 3 heterocycles. The van der Waals surface area contributed by atoms with Gasteiger partial charge in [-0.05, 0) is 180 Å². The second kappa shape index (κ2) is 52.1. The molecule has 0 saturated heterocycles. The number of rotatable bonds is 35. The van der Waals surface area contributed by atoms with Crippen molar-refractivity contribution in [1.82, 2.24) is 36.6 Å². The fourth-order valence-electron chi connectivity index (χ4n) is 14.0. The number of carbonyl (C=O) groups excluding carboxylic acids is 10. The van der Waals surface area contributed by atoms with Crippen LogP contribution in [0.5, 0.6) is 0 Å². The molecular weight excluding hydrogens is 1640 g/mol. The van der Waals surface area contributed by atoms with Gasteiger partial charge < -0.3 is 31.0 Å². The van der Waals surface area contributed by atoms with Gasteiger partial charge in [0.1, 0.15) is 5.82 Å². The van der Waals surface area contributed by atoms with Crippen LogP contribution in [0.1, 0.15) is 113 Å². The number of halogens is 1. The largest absolute Gasteiger partial charge is 0.459 e. The molecule has 0 spiro atoms. The Labute approximate surface area is 763 Å². The summed E-state index contributed by atoms with van der Waals surface area (Å²) in [6.45, 7) is 2.01. The number of hydrogen-bond acceptors (Lipinski definition) is 13. The average molecular weight is 1740 g/mol. The number of aryl methyl sites for hydroxylation is 1. The highest BCUT2D eigenvalue weighted by molar-refractivity contribution is 6.02. The first-order chi connectivity index (χ1) is 63.9. The minimum absolute atomic E-state index is 0.00401. The molecule has 131 heavy (non-hydrogen) atoms. The SMILES string of the molecule is Cc1ccc(CC(=O)C(Cc2ccccc2)NC(=O)c2ccco2)cc1.O=C(NC(Cc1ccccc1)C(=O)Cc1ccccc1)c1ccccc1.O=C(NC(Cc1ccccc1)C(=O)Cc1ccccc1F)c1ccccc1.O=C(NC(Cc1ccccc1)C(=O)Cc1ccccn1)c1ccccc1.O=C(NC(Cc1ccccc1)C(=O)Cc1ccncc1)c1ccccc1. The molecule has 5 unspecified atom stereocenters. The third kappa shape index (κ3) is 33.0. The van der Waals surface area contributed by atoms with Crippen molar-refractivity contribution in [1.29, 1.82) is 0 Å². The van der Waals surface area contributed by atoms with Crippen LogP contribution in [0, 0.1) is 12.7 Å². The molecule has 18 nitrogen and oxygen atoms in total. The molecule has 0 saturated carbocycles. The van der Waals surface area contributed by atoms with Crippen LogP contribution < -0.4 is 26.6 Å². The molecule has 0 bridgehead atoms. The summed E-state index contributed by atoms with van der Waals surface area (Å²) in [7, 11) is 0.